The first-order chi connectivity index (χ1) is 15.0. The van der Waals surface area contributed by atoms with Crippen molar-refractivity contribution in [3.05, 3.63) is 59.7 Å². The van der Waals surface area contributed by atoms with Crippen molar-refractivity contribution in [1.82, 2.24) is 10.6 Å². The van der Waals surface area contributed by atoms with Crippen LogP contribution in [0.15, 0.2) is 48.5 Å². The van der Waals surface area contributed by atoms with E-state index in [1.165, 1.54) is 7.11 Å². The Morgan fingerprint density at radius 1 is 0.968 bits per heavy atom. The quantitative estimate of drug-likeness (QED) is 0.568. The maximum absolute atomic E-state index is 12.4. The van der Waals surface area contributed by atoms with Crippen LogP contribution >= 0.6 is 0 Å². The predicted octanol–water partition coefficient (Wildman–Crippen LogP) is 2.52. The molecular weight excluding hydrogens is 400 g/mol. The van der Waals surface area contributed by atoms with Gasteiger partial charge in [0.25, 0.3) is 0 Å². The van der Waals surface area contributed by atoms with Crippen LogP contribution in [0.2, 0.25) is 0 Å². The van der Waals surface area contributed by atoms with Gasteiger partial charge in [-0.3, -0.25) is 4.79 Å². The SMILES string of the molecule is CC[C@@H](NC(=O)[C@H](COC)NC(=O)OCC1c2ccccc2-c2ccccc21)C(=O)O. The van der Waals surface area contributed by atoms with Crippen molar-refractivity contribution in [3.8, 4) is 11.1 Å². The van der Waals surface area contributed by atoms with E-state index in [0.717, 1.165) is 22.3 Å². The summed E-state index contributed by atoms with van der Waals surface area (Å²) in [5.41, 5.74) is 4.39. The maximum atomic E-state index is 12.4. The lowest BCUT2D eigenvalue weighted by Gasteiger charge is -2.21. The average molecular weight is 426 g/mol. The molecule has 8 heteroatoms. The minimum Gasteiger partial charge on any atom is -0.480 e. The monoisotopic (exact) mass is 426 g/mol. The van der Waals surface area contributed by atoms with E-state index in [0.29, 0.717) is 0 Å². The van der Waals surface area contributed by atoms with Gasteiger partial charge >= 0.3 is 12.1 Å². The van der Waals surface area contributed by atoms with Gasteiger partial charge in [0.2, 0.25) is 5.91 Å². The molecule has 0 radical (unpaired) electrons. The summed E-state index contributed by atoms with van der Waals surface area (Å²) in [5, 5.41) is 14.0. The van der Waals surface area contributed by atoms with Gasteiger partial charge in [-0.05, 0) is 28.7 Å². The number of carboxylic acid groups (broad SMARTS) is 1. The number of hydrogen-bond acceptors (Lipinski definition) is 5. The first-order valence-electron chi connectivity index (χ1n) is 10.1. The molecule has 0 saturated heterocycles. The minimum atomic E-state index is -1.15. The number of nitrogens with one attached hydrogen (secondary N) is 2. The van der Waals surface area contributed by atoms with E-state index < -0.39 is 30.1 Å². The molecule has 1 aliphatic carbocycles. The van der Waals surface area contributed by atoms with Crippen LogP contribution in [0.25, 0.3) is 11.1 Å². The summed E-state index contributed by atoms with van der Waals surface area (Å²) in [7, 11) is 1.38. The summed E-state index contributed by atoms with van der Waals surface area (Å²) >= 11 is 0. The molecule has 0 heterocycles. The zero-order valence-electron chi connectivity index (χ0n) is 17.5. The van der Waals surface area contributed by atoms with Crippen molar-refractivity contribution >= 4 is 18.0 Å². The van der Waals surface area contributed by atoms with E-state index in [4.69, 9.17) is 14.6 Å². The molecule has 2 aromatic carbocycles. The average Bonchev–Trinajstić information content (AvgIpc) is 3.09. The van der Waals surface area contributed by atoms with Gasteiger partial charge in [0.15, 0.2) is 0 Å². The van der Waals surface area contributed by atoms with Crippen LogP contribution in [0.4, 0.5) is 4.79 Å². The van der Waals surface area contributed by atoms with E-state index in [1.54, 1.807) is 6.92 Å². The first kappa shape index (κ1) is 22.3. The highest BCUT2D eigenvalue weighted by Crippen LogP contribution is 2.44. The Morgan fingerprint density at radius 2 is 1.55 bits per heavy atom. The third-order valence-corrected chi connectivity index (χ3v) is 5.31. The van der Waals surface area contributed by atoms with Crippen LogP contribution in [0, 0.1) is 0 Å². The normalized spacial score (nSPS) is 14.1. The zero-order chi connectivity index (χ0) is 22.4. The summed E-state index contributed by atoms with van der Waals surface area (Å²) < 4.78 is 10.4. The smallest absolute Gasteiger partial charge is 0.407 e. The fraction of sp³-hybridized carbons (Fsp3) is 0.348. The Labute approximate surface area is 180 Å². The van der Waals surface area contributed by atoms with Crippen molar-refractivity contribution in [2.75, 3.05) is 20.3 Å². The number of carbonyl (C=O) groups excluding carboxylic acids is 2. The number of carboxylic acids is 1. The van der Waals surface area contributed by atoms with Gasteiger partial charge in [0.05, 0.1) is 6.61 Å². The summed E-state index contributed by atoms with van der Waals surface area (Å²) in [6.07, 6.45) is -0.562. The van der Waals surface area contributed by atoms with Gasteiger partial charge in [-0.2, -0.15) is 0 Å². The Balaban J connectivity index is 1.64. The van der Waals surface area contributed by atoms with Crippen molar-refractivity contribution < 1.29 is 29.0 Å². The van der Waals surface area contributed by atoms with Crippen molar-refractivity contribution in [3.63, 3.8) is 0 Å². The summed E-state index contributed by atoms with van der Waals surface area (Å²) in [4.78, 5) is 36.0. The molecule has 3 rings (SSSR count). The highest BCUT2D eigenvalue weighted by Gasteiger charge is 2.30. The molecule has 0 bridgehead atoms. The Bertz CT molecular complexity index is 915. The number of hydrogen-bond donors (Lipinski definition) is 3. The molecule has 3 N–H and O–H groups in total. The largest absolute Gasteiger partial charge is 0.480 e. The topological polar surface area (TPSA) is 114 Å². The van der Waals surface area contributed by atoms with Crippen molar-refractivity contribution in [2.24, 2.45) is 0 Å². The van der Waals surface area contributed by atoms with E-state index in [1.807, 2.05) is 48.5 Å². The molecule has 0 spiro atoms. The number of amides is 2. The Kier molecular flexibility index (Phi) is 7.25. The van der Waals surface area contributed by atoms with Gasteiger partial charge in [-0.25, -0.2) is 9.59 Å². The number of alkyl carbamates (subject to hydrolysis) is 1. The van der Waals surface area contributed by atoms with Crippen LogP contribution in [0.3, 0.4) is 0 Å². The summed E-state index contributed by atoms with van der Waals surface area (Å²) in [6, 6.07) is 13.8. The zero-order valence-corrected chi connectivity index (χ0v) is 17.5. The molecule has 0 saturated carbocycles. The van der Waals surface area contributed by atoms with Gasteiger partial charge in [-0.15, -0.1) is 0 Å². The number of rotatable bonds is 9. The highest BCUT2D eigenvalue weighted by atomic mass is 16.5. The van der Waals surface area contributed by atoms with Crippen LogP contribution in [-0.4, -0.2) is 55.5 Å². The molecule has 8 nitrogen and oxygen atoms in total. The van der Waals surface area contributed by atoms with Crippen LogP contribution in [0.1, 0.15) is 30.4 Å². The third kappa shape index (κ3) is 5.03. The lowest BCUT2D eigenvalue weighted by Crippen LogP contribution is -2.53. The molecule has 31 heavy (non-hydrogen) atoms. The van der Waals surface area contributed by atoms with Gasteiger partial charge in [0, 0.05) is 13.0 Å². The molecule has 2 amide bonds. The summed E-state index contributed by atoms with van der Waals surface area (Å²) in [6.45, 7) is 1.63. The third-order valence-electron chi connectivity index (χ3n) is 5.31. The first-order valence-corrected chi connectivity index (χ1v) is 10.1. The van der Waals surface area contributed by atoms with E-state index in [-0.39, 0.29) is 25.6 Å². The highest BCUT2D eigenvalue weighted by molar-refractivity contribution is 5.89. The van der Waals surface area contributed by atoms with Crippen molar-refractivity contribution in [2.45, 2.75) is 31.3 Å². The summed E-state index contributed by atoms with van der Waals surface area (Å²) in [5.74, 6) is -1.90. The molecular formula is C23H26N2O6. The lowest BCUT2D eigenvalue weighted by molar-refractivity contribution is -0.142. The van der Waals surface area contributed by atoms with E-state index in [9.17, 15) is 14.4 Å². The van der Waals surface area contributed by atoms with Crippen molar-refractivity contribution in [1.29, 1.82) is 0 Å². The molecule has 2 atom stereocenters. The predicted molar refractivity (Wildman–Crippen MR) is 114 cm³/mol. The second-order valence-electron chi connectivity index (χ2n) is 7.29. The lowest BCUT2D eigenvalue weighted by atomic mass is 9.98. The molecule has 0 aliphatic heterocycles. The number of methoxy groups -OCH3 is 1. The number of benzene rings is 2. The second kappa shape index (κ2) is 10.1. The Morgan fingerprint density at radius 3 is 2.06 bits per heavy atom. The maximum Gasteiger partial charge on any atom is 0.407 e. The molecule has 0 fully saturated rings. The van der Waals surface area contributed by atoms with Crippen LogP contribution < -0.4 is 10.6 Å². The molecule has 2 aromatic rings. The van der Waals surface area contributed by atoms with Gasteiger partial charge < -0.3 is 25.2 Å². The standard InChI is InChI=1S/C23H26N2O6/c1-3-19(22(27)28)24-21(26)20(13-30-2)25-23(29)31-12-18-16-10-6-4-8-14(16)15-9-5-7-11-17(15)18/h4-11,18-20H,3,12-13H2,1-2H3,(H,24,26)(H,25,29)(H,27,28)/t19-,20+/m1/s1. The fourth-order valence-corrected chi connectivity index (χ4v) is 3.74. The van der Waals surface area contributed by atoms with Crippen LogP contribution in [0.5, 0.6) is 0 Å². The number of carbonyl (C=O) groups is 3. The second-order valence-corrected chi connectivity index (χ2v) is 7.29. The minimum absolute atomic E-state index is 0.105. The van der Waals surface area contributed by atoms with Gasteiger partial charge in [-0.1, -0.05) is 55.5 Å². The number of ether oxygens (including phenoxy) is 2. The van der Waals surface area contributed by atoms with E-state index >= 15 is 0 Å². The van der Waals surface area contributed by atoms with E-state index in [2.05, 4.69) is 10.6 Å². The molecule has 1 aliphatic rings. The Hall–Kier alpha value is -3.39. The number of fused-ring (bicyclic) bond motifs is 3. The molecule has 0 aromatic heterocycles. The number of aliphatic carboxylic acids is 1. The van der Waals surface area contributed by atoms with Crippen LogP contribution in [-0.2, 0) is 19.1 Å². The van der Waals surface area contributed by atoms with Gasteiger partial charge in [0.1, 0.15) is 18.7 Å². The molecule has 0 unspecified atom stereocenters. The molecule has 164 valence electrons. The fourth-order valence-electron chi connectivity index (χ4n) is 3.74.